The van der Waals surface area contributed by atoms with Crippen molar-refractivity contribution in [1.29, 1.82) is 0 Å². The van der Waals surface area contributed by atoms with Crippen LogP contribution in [0.15, 0.2) is 59.5 Å². The summed E-state index contributed by atoms with van der Waals surface area (Å²) >= 11 is 0. The van der Waals surface area contributed by atoms with Gasteiger partial charge in [-0.3, -0.25) is 0 Å². The van der Waals surface area contributed by atoms with Crippen LogP contribution in [0, 0.1) is 0 Å². The van der Waals surface area contributed by atoms with Gasteiger partial charge in [0.05, 0.1) is 18.0 Å². The summed E-state index contributed by atoms with van der Waals surface area (Å²) in [5.41, 5.74) is 1.03. The zero-order valence-corrected chi connectivity index (χ0v) is 12.7. The van der Waals surface area contributed by atoms with E-state index in [2.05, 4.69) is 0 Å². The molecule has 1 unspecified atom stereocenters. The summed E-state index contributed by atoms with van der Waals surface area (Å²) in [6, 6.07) is 16.1. The molecular formula is C16H17NO3S. The van der Waals surface area contributed by atoms with Crippen molar-refractivity contribution in [3.05, 3.63) is 60.2 Å². The summed E-state index contributed by atoms with van der Waals surface area (Å²) in [4.78, 5) is 0.300. The fourth-order valence-electron chi connectivity index (χ4n) is 2.64. The lowest BCUT2D eigenvalue weighted by atomic mass is 10.1. The number of nitrogens with zero attached hydrogens (tertiary/aromatic N) is 1. The first kappa shape index (κ1) is 14.1. The Morgan fingerprint density at radius 1 is 1.00 bits per heavy atom. The van der Waals surface area contributed by atoms with Gasteiger partial charge in [0.2, 0.25) is 10.0 Å². The van der Waals surface area contributed by atoms with E-state index in [-0.39, 0.29) is 12.1 Å². The quantitative estimate of drug-likeness (QED) is 0.816. The summed E-state index contributed by atoms with van der Waals surface area (Å²) in [6.45, 7) is 1.93. The molecular weight excluding hydrogens is 286 g/mol. The minimum absolute atomic E-state index is 0.0144. The van der Waals surface area contributed by atoms with Crippen LogP contribution >= 0.6 is 0 Å². The molecule has 1 aliphatic rings. The van der Waals surface area contributed by atoms with Gasteiger partial charge in [-0.25, -0.2) is 8.42 Å². The molecule has 1 heterocycles. The molecule has 110 valence electrons. The second-order valence-electron chi connectivity index (χ2n) is 5.11. The number of methoxy groups -OCH3 is 1. The zero-order chi connectivity index (χ0) is 15.0. The lowest BCUT2D eigenvalue weighted by Crippen LogP contribution is -2.14. The maximum absolute atomic E-state index is 12.7. The molecule has 0 radical (unpaired) electrons. The highest BCUT2D eigenvalue weighted by molar-refractivity contribution is 7.89. The molecule has 2 aromatic rings. The van der Waals surface area contributed by atoms with Gasteiger partial charge in [-0.1, -0.05) is 30.3 Å². The third kappa shape index (κ3) is 2.43. The number of sulfonamides is 1. The molecule has 1 fully saturated rings. The fourth-order valence-corrected chi connectivity index (χ4v) is 4.45. The van der Waals surface area contributed by atoms with Crippen molar-refractivity contribution in [2.75, 3.05) is 7.11 Å². The molecule has 0 spiro atoms. The second kappa shape index (κ2) is 5.16. The second-order valence-corrected chi connectivity index (χ2v) is 6.95. The van der Waals surface area contributed by atoms with Gasteiger partial charge in [0, 0.05) is 6.04 Å². The lowest BCUT2D eigenvalue weighted by Gasteiger charge is -2.07. The fraction of sp³-hybridized carbons (Fsp3) is 0.250. The maximum atomic E-state index is 12.7. The smallest absolute Gasteiger partial charge is 0.244 e. The maximum Gasteiger partial charge on any atom is 0.244 e. The van der Waals surface area contributed by atoms with Gasteiger partial charge < -0.3 is 4.74 Å². The predicted octanol–water partition coefficient (Wildman–Crippen LogP) is 2.83. The van der Waals surface area contributed by atoms with Gasteiger partial charge in [0.1, 0.15) is 5.75 Å². The Bertz CT molecular complexity index is 726. The summed E-state index contributed by atoms with van der Waals surface area (Å²) in [5.74, 6) is 0.646. The number of ether oxygens (including phenoxy) is 1. The van der Waals surface area contributed by atoms with Gasteiger partial charge in [0.15, 0.2) is 0 Å². The van der Waals surface area contributed by atoms with Gasteiger partial charge in [-0.05, 0) is 36.8 Å². The van der Waals surface area contributed by atoms with Crippen LogP contribution in [0.2, 0.25) is 0 Å². The van der Waals surface area contributed by atoms with E-state index >= 15 is 0 Å². The van der Waals surface area contributed by atoms with Crippen LogP contribution in [0.1, 0.15) is 18.5 Å². The Hall–Kier alpha value is -1.85. The van der Waals surface area contributed by atoms with Crippen molar-refractivity contribution in [1.82, 2.24) is 4.31 Å². The standard InChI is InChI=1S/C16H17NO3S/c1-12-16(13-6-4-3-5-7-13)17(12)21(18,19)15-10-8-14(20-2)9-11-15/h3-12,16H,1-2H3/t12-,16+,17?/m1/s1. The molecule has 1 saturated heterocycles. The molecule has 4 nitrogen and oxygen atoms in total. The highest BCUT2D eigenvalue weighted by Crippen LogP contribution is 2.47. The third-order valence-electron chi connectivity index (χ3n) is 3.82. The first-order valence-corrected chi connectivity index (χ1v) is 8.22. The van der Waals surface area contributed by atoms with Crippen LogP contribution in [0.3, 0.4) is 0 Å². The molecule has 0 N–H and O–H groups in total. The van der Waals surface area contributed by atoms with Crippen LogP contribution in [0.25, 0.3) is 0 Å². The van der Waals surface area contributed by atoms with E-state index in [1.54, 1.807) is 35.7 Å². The van der Waals surface area contributed by atoms with Gasteiger partial charge in [-0.15, -0.1) is 0 Å². The monoisotopic (exact) mass is 303 g/mol. The Kier molecular flexibility index (Phi) is 3.47. The van der Waals surface area contributed by atoms with E-state index in [9.17, 15) is 8.42 Å². The third-order valence-corrected chi connectivity index (χ3v) is 5.80. The largest absolute Gasteiger partial charge is 0.497 e. The Balaban J connectivity index is 1.89. The molecule has 0 aliphatic carbocycles. The van der Waals surface area contributed by atoms with Crippen LogP contribution in [0.4, 0.5) is 0 Å². The first-order chi connectivity index (χ1) is 10.1. The summed E-state index contributed by atoms with van der Waals surface area (Å²) in [6.07, 6.45) is 0. The van der Waals surface area contributed by atoms with Crippen molar-refractivity contribution in [3.63, 3.8) is 0 Å². The van der Waals surface area contributed by atoms with Crippen molar-refractivity contribution in [2.45, 2.75) is 23.9 Å². The number of hydrogen-bond acceptors (Lipinski definition) is 3. The van der Waals surface area contributed by atoms with Crippen LogP contribution in [0.5, 0.6) is 5.75 Å². The SMILES string of the molecule is COc1ccc(S(=O)(=O)N2[C@H](C)[C@H]2c2ccccc2)cc1. The molecule has 0 aromatic heterocycles. The minimum Gasteiger partial charge on any atom is -0.497 e. The zero-order valence-electron chi connectivity index (χ0n) is 11.9. The van der Waals surface area contributed by atoms with Crippen molar-refractivity contribution in [2.24, 2.45) is 0 Å². The highest BCUT2D eigenvalue weighted by Gasteiger charge is 2.53. The predicted molar refractivity (Wildman–Crippen MR) is 80.7 cm³/mol. The molecule has 5 heteroatoms. The van der Waals surface area contributed by atoms with E-state index < -0.39 is 10.0 Å². The minimum atomic E-state index is -3.46. The Labute approximate surface area is 125 Å². The molecule has 21 heavy (non-hydrogen) atoms. The van der Waals surface area contributed by atoms with E-state index in [1.165, 1.54) is 0 Å². The molecule has 1 aliphatic heterocycles. The lowest BCUT2D eigenvalue weighted by molar-refractivity contribution is 0.414. The Morgan fingerprint density at radius 3 is 2.19 bits per heavy atom. The van der Waals surface area contributed by atoms with Crippen molar-refractivity contribution >= 4 is 10.0 Å². The van der Waals surface area contributed by atoms with Crippen LogP contribution in [-0.4, -0.2) is 25.9 Å². The van der Waals surface area contributed by atoms with Crippen molar-refractivity contribution in [3.8, 4) is 5.75 Å². The summed E-state index contributed by atoms with van der Waals surface area (Å²) in [5, 5.41) is 0. The van der Waals surface area contributed by atoms with E-state index in [0.29, 0.717) is 10.6 Å². The number of benzene rings is 2. The van der Waals surface area contributed by atoms with Crippen molar-refractivity contribution < 1.29 is 13.2 Å². The van der Waals surface area contributed by atoms with E-state index in [1.807, 2.05) is 37.3 Å². The highest BCUT2D eigenvalue weighted by atomic mass is 32.2. The van der Waals surface area contributed by atoms with Crippen LogP contribution < -0.4 is 4.74 Å². The first-order valence-electron chi connectivity index (χ1n) is 6.78. The number of hydrogen-bond donors (Lipinski definition) is 0. The summed E-state index contributed by atoms with van der Waals surface area (Å²) in [7, 11) is -1.90. The molecule has 3 atom stereocenters. The van der Waals surface area contributed by atoms with Gasteiger partial charge in [-0.2, -0.15) is 4.31 Å². The molecule has 0 amide bonds. The van der Waals surface area contributed by atoms with E-state index in [4.69, 9.17) is 4.74 Å². The number of rotatable bonds is 4. The Morgan fingerprint density at radius 2 is 1.62 bits per heavy atom. The average Bonchev–Trinajstić information content (AvgIpc) is 3.20. The van der Waals surface area contributed by atoms with Crippen LogP contribution in [-0.2, 0) is 10.0 Å². The normalized spacial score (nSPS) is 24.6. The van der Waals surface area contributed by atoms with E-state index in [0.717, 1.165) is 5.56 Å². The summed E-state index contributed by atoms with van der Waals surface area (Å²) < 4.78 is 32.0. The topological polar surface area (TPSA) is 46.4 Å². The molecule has 0 bridgehead atoms. The van der Waals surface area contributed by atoms with Gasteiger partial charge >= 0.3 is 0 Å². The molecule has 0 saturated carbocycles. The van der Waals surface area contributed by atoms with Gasteiger partial charge in [0.25, 0.3) is 0 Å². The molecule has 3 rings (SSSR count). The molecule has 2 aromatic carbocycles. The average molecular weight is 303 g/mol.